The van der Waals surface area contributed by atoms with E-state index in [0.717, 1.165) is 37.7 Å². The number of ether oxygens (including phenoxy) is 1. The highest BCUT2D eigenvalue weighted by molar-refractivity contribution is 6.05. The Labute approximate surface area is 135 Å². The van der Waals surface area contributed by atoms with E-state index < -0.39 is 0 Å². The predicted octanol–water partition coefficient (Wildman–Crippen LogP) is 2.63. The number of nitrogens with zero attached hydrogens (tertiary/aromatic N) is 2. The molecule has 0 aliphatic carbocycles. The maximum atomic E-state index is 12.4. The van der Waals surface area contributed by atoms with Gasteiger partial charge in [0.05, 0.1) is 18.9 Å². The van der Waals surface area contributed by atoms with E-state index in [-0.39, 0.29) is 5.91 Å². The van der Waals surface area contributed by atoms with E-state index in [4.69, 9.17) is 9.26 Å². The molecule has 1 saturated heterocycles. The Balaban J connectivity index is 1.70. The van der Waals surface area contributed by atoms with Crippen molar-refractivity contribution in [3.8, 4) is 0 Å². The largest absolute Gasteiger partial charge is 0.378 e. The van der Waals surface area contributed by atoms with Gasteiger partial charge < -0.3 is 19.5 Å². The van der Waals surface area contributed by atoms with E-state index in [0.29, 0.717) is 23.4 Å². The lowest BCUT2D eigenvalue weighted by Gasteiger charge is -2.28. The third-order valence-corrected chi connectivity index (χ3v) is 4.00. The van der Waals surface area contributed by atoms with Gasteiger partial charge in [0.15, 0.2) is 0 Å². The van der Waals surface area contributed by atoms with Crippen molar-refractivity contribution in [2.75, 3.05) is 36.5 Å². The zero-order valence-electron chi connectivity index (χ0n) is 13.5. The molecule has 1 aromatic heterocycles. The van der Waals surface area contributed by atoms with Crippen LogP contribution in [0.3, 0.4) is 0 Å². The summed E-state index contributed by atoms with van der Waals surface area (Å²) < 4.78 is 10.5. The molecule has 0 radical (unpaired) electrons. The van der Waals surface area contributed by atoms with E-state index in [9.17, 15) is 4.79 Å². The van der Waals surface area contributed by atoms with Gasteiger partial charge in [-0.3, -0.25) is 4.79 Å². The molecule has 1 aromatic carbocycles. The minimum absolute atomic E-state index is 0.181. The molecule has 1 N–H and O–H groups in total. The van der Waals surface area contributed by atoms with Crippen molar-refractivity contribution in [2.24, 2.45) is 0 Å². The van der Waals surface area contributed by atoms with Crippen LogP contribution in [0.15, 0.2) is 28.8 Å². The van der Waals surface area contributed by atoms with Gasteiger partial charge in [0.25, 0.3) is 5.91 Å². The highest BCUT2D eigenvalue weighted by Gasteiger charge is 2.19. The zero-order valence-corrected chi connectivity index (χ0v) is 13.5. The average Bonchev–Trinajstić information content (AvgIpc) is 2.97. The fourth-order valence-corrected chi connectivity index (χ4v) is 2.72. The molecule has 1 amide bonds. The van der Waals surface area contributed by atoms with Crippen LogP contribution in [0, 0.1) is 6.92 Å². The molecule has 0 atom stereocenters. The van der Waals surface area contributed by atoms with Crippen molar-refractivity contribution in [1.29, 1.82) is 0 Å². The van der Waals surface area contributed by atoms with Gasteiger partial charge in [-0.15, -0.1) is 0 Å². The molecular formula is C17H21N3O3. The first-order valence-electron chi connectivity index (χ1n) is 7.88. The van der Waals surface area contributed by atoms with E-state index in [1.165, 1.54) is 0 Å². The summed E-state index contributed by atoms with van der Waals surface area (Å²) in [7, 11) is 0. The Kier molecular flexibility index (Phi) is 4.62. The number of benzene rings is 1. The molecule has 0 spiro atoms. The molecular weight excluding hydrogens is 294 g/mol. The number of morpholine rings is 1. The van der Waals surface area contributed by atoms with Crippen molar-refractivity contribution in [2.45, 2.75) is 20.3 Å². The fraction of sp³-hybridized carbons (Fsp3) is 0.412. The third-order valence-electron chi connectivity index (χ3n) is 4.00. The standard InChI is InChI=1S/C17H21N3O3/c1-3-15-16(12(2)23-19-15)17(21)18-13-4-6-14(7-5-13)20-8-10-22-11-9-20/h4-7H,3,8-11H2,1-2H3,(H,18,21). The van der Waals surface area contributed by atoms with Crippen LogP contribution in [0.5, 0.6) is 0 Å². The summed E-state index contributed by atoms with van der Waals surface area (Å²) in [6, 6.07) is 7.86. The Morgan fingerprint density at radius 1 is 1.26 bits per heavy atom. The van der Waals surface area contributed by atoms with Crippen LogP contribution < -0.4 is 10.2 Å². The lowest BCUT2D eigenvalue weighted by molar-refractivity contribution is 0.102. The Bertz CT molecular complexity index is 673. The highest BCUT2D eigenvalue weighted by Crippen LogP contribution is 2.21. The molecule has 3 rings (SSSR count). The fourth-order valence-electron chi connectivity index (χ4n) is 2.72. The third kappa shape index (κ3) is 3.37. The molecule has 0 bridgehead atoms. The van der Waals surface area contributed by atoms with Crippen LogP contribution in [0.4, 0.5) is 11.4 Å². The summed E-state index contributed by atoms with van der Waals surface area (Å²) in [6.45, 7) is 7.00. The number of amides is 1. The quantitative estimate of drug-likeness (QED) is 0.939. The molecule has 1 aliphatic rings. The second kappa shape index (κ2) is 6.83. The number of carbonyl (C=O) groups is 1. The van der Waals surface area contributed by atoms with E-state index >= 15 is 0 Å². The molecule has 1 aliphatic heterocycles. The molecule has 0 unspecified atom stereocenters. The number of anilines is 2. The zero-order chi connectivity index (χ0) is 16.2. The van der Waals surface area contributed by atoms with Gasteiger partial charge in [-0.05, 0) is 37.6 Å². The Morgan fingerprint density at radius 2 is 1.96 bits per heavy atom. The van der Waals surface area contributed by atoms with Crippen LogP contribution >= 0.6 is 0 Å². The molecule has 122 valence electrons. The average molecular weight is 315 g/mol. The molecule has 0 saturated carbocycles. The maximum Gasteiger partial charge on any atom is 0.261 e. The van der Waals surface area contributed by atoms with Gasteiger partial charge in [0.1, 0.15) is 11.3 Å². The number of hydrogen-bond acceptors (Lipinski definition) is 5. The van der Waals surface area contributed by atoms with Crippen molar-refractivity contribution < 1.29 is 14.1 Å². The van der Waals surface area contributed by atoms with Gasteiger partial charge in [-0.25, -0.2) is 0 Å². The number of aryl methyl sites for hydroxylation is 2. The first-order valence-corrected chi connectivity index (χ1v) is 7.88. The number of aromatic nitrogens is 1. The second-order valence-electron chi connectivity index (χ2n) is 5.51. The normalized spacial score (nSPS) is 14.8. The first kappa shape index (κ1) is 15.6. The van der Waals surface area contributed by atoms with Gasteiger partial charge in [0.2, 0.25) is 0 Å². The van der Waals surface area contributed by atoms with Gasteiger partial charge >= 0.3 is 0 Å². The summed E-state index contributed by atoms with van der Waals surface area (Å²) in [6.07, 6.45) is 0.663. The van der Waals surface area contributed by atoms with Crippen LogP contribution in [0.1, 0.15) is 28.7 Å². The van der Waals surface area contributed by atoms with Gasteiger partial charge in [-0.2, -0.15) is 0 Å². The predicted molar refractivity (Wildman–Crippen MR) is 88.0 cm³/mol. The summed E-state index contributed by atoms with van der Waals surface area (Å²) in [5, 5.41) is 6.83. The lowest BCUT2D eigenvalue weighted by atomic mass is 10.1. The SMILES string of the molecule is CCc1noc(C)c1C(=O)Nc1ccc(N2CCOCC2)cc1. The summed E-state index contributed by atoms with van der Waals surface area (Å²) >= 11 is 0. The van der Waals surface area contributed by atoms with Crippen molar-refractivity contribution in [3.63, 3.8) is 0 Å². The summed E-state index contributed by atoms with van der Waals surface area (Å²) in [4.78, 5) is 14.7. The van der Waals surface area contributed by atoms with E-state index in [1.807, 2.05) is 31.2 Å². The van der Waals surface area contributed by atoms with Crippen molar-refractivity contribution >= 4 is 17.3 Å². The van der Waals surface area contributed by atoms with E-state index in [2.05, 4.69) is 15.4 Å². The first-order chi connectivity index (χ1) is 11.2. The molecule has 6 nitrogen and oxygen atoms in total. The van der Waals surface area contributed by atoms with Crippen molar-refractivity contribution in [3.05, 3.63) is 41.3 Å². The molecule has 23 heavy (non-hydrogen) atoms. The summed E-state index contributed by atoms with van der Waals surface area (Å²) in [5.74, 6) is 0.365. The van der Waals surface area contributed by atoms with Gasteiger partial charge in [0, 0.05) is 24.5 Å². The van der Waals surface area contributed by atoms with Crippen LogP contribution in [-0.2, 0) is 11.2 Å². The lowest BCUT2D eigenvalue weighted by Crippen LogP contribution is -2.36. The monoisotopic (exact) mass is 315 g/mol. The number of rotatable bonds is 4. The molecule has 2 aromatic rings. The number of nitrogens with one attached hydrogen (secondary N) is 1. The van der Waals surface area contributed by atoms with Crippen molar-refractivity contribution in [1.82, 2.24) is 5.16 Å². The van der Waals surface area contributed by atoms with E-state index in [1.54, 1.807) is 6.92 Å². The van der Waals surface area contributed by atoms with Crippen LogP contribution in [0.2, 0.25) is 0 Å². The summed E-state index contributed by atoms with van der Waals surface area (Å²) in [5.41, 5.74) is 3.12. The minimum Gasteiger partial charge on any atom is -0.378 e. The minimum atomic E-state index is -0.181. The maximum absolute atomic E-state index is 12.4. The van der Waals surface area contributed by atoms with Crippen LogP contribution in [0.25, 0.3) is 0 Å². The molecule has 1 fully saturated rings. The highest BCUT2D eigenvalue weighted by atomic mass is 16.5. The Morgan fingerprint density at radius 3 is 2.61 bits per heavy atom. The topological polar surface area (TPSA) is 67.6 Å². The smallest absolute Gasteiger partial charge is 0.261 e. The van der Waals surface area contributed by atoms with Gasteiger partial charge in [-0.1, -0.05) is 12.1 Å². The molecule has 6 heteroatoms. The molecule has 2 heterocycles. The number of carbonyl (C=O) groups excluding carboxylic acids is 1. The van der Waals surface area contributed by atoms with Crippen LogP contribution in [-0.4, -0.2) is 37.4 Å². The number of hydrogen-bond donors (Lipinski definition) is 1. The Hall–Kier alpha value is -2.34. The second-order valence-corrected chi connectivity index (χ2v) is 5.51.